The molecule has 148 valence electrons. The summed E-state index contributed by atoms with van der Waals surface area (Å²) in [4.78, 5) is 23.7. The molecule has 2 N–H and O–H groups in total. The molecule has 2 aromatic heterocycles. The molecule has 3 aromatic rings. The van der Waals surface area contributed by atoms with Crippen molar-refractivity contribution in [3.63, 3.8) is 0 Å². The Morgan fingerprint density at radius 3 is 1.96 bits per heavy atom. The smallest absolute Gasteiger partial charge is 0.373 e. The van der Waals surface area contributed by atoms with Crippen molar-refractivity contribution < 1.29 is 11.0 Å². The fourth-order valence-electron chi connectivity index (χ4n) is 2.18. The topological polar surface area (TPSA) is 74.8 Å². The van der Waals surface area contributed by atoms with Gasteiger partial charge in [-0.25, -0.2) is 4.98 Å². The molecule has 0 unspecified atom stereocenters. The van der Waals surface area contributed by atoms with E-state index in [9.17, 15) is 0 Å². The summed E-state index contributed by atoms with van der Waals surface area (Å²) in [6.07, 6.45) is 4.09. The van der Waals surface area contributed by atoms with Crippen LogP contribution in [-0.2, 0) is 9.59 Å². The van der Waals surface area contributed by atoms with Crippen molar-refractivity contribution in [2.24, 2.45) is 0 Å². The molecule has 0 saturated carbocycles. The zero-order valence-corrected chi connectivity index (χ0v) is 17.4. The minimum atomic E-state index is 0. The molecule has 27 heavy (non-hydrogen) atoms. The number of aryl methyl sites for hydroxylation is 3. The predicted molar refractivity (Wildman–Crippen MR) is 114 cm³/mol. The highest BCUT2D eigenvalue weighted by atomic mass is 16.2. The number of benzene rings is 1. The van der Waals surface area contributed by atoms with Gasteiger partial charge in [0.1, 0.15) is 5.65 Å². The molecule has 0 fully saturated rings. The first-order chi connectivity index (χ1) is 12.9. The van der Waals surface area contributed by atoms with Gasteiger partial charge in [-0.1, -0.05) is 49.2 Å². The molecule has 0 bridgehead atoms. The second kappa shape index (κ2) is 13.3. The summed E-state index contributed by atoms with van der Waals surface area (Å²) in [6.45, 7) is 14.5. The van der Waals surface area contributed by atoms with Crippen LogP contribution in [0.5, 0.6) is 0 Å². The molecular formula is C22H33N3O2. The number of hydrogen-bond acceptors (Lipinski definition) is 4. The monoisotopic (exact) mass is 371 g/mol. The summed E-state index contributed by atoms with van der Waals surface area (Å²) in [5, 5.41) is 4.53. The van der Waals surface area contributed by atoms with Crippen LogP contribution < -0.4 is 5.32 Å². The third kappa shape index (κ3) is 9.38. The lowest BCUT2D eigenvalue weighted by Crippen LogP contribution is -2.09. The van der Waals surface area contributed by atoms with E-state index in [1.807, 2.05) is 26.2 Å². The van der Waals surface area contributed by atoms with Crippen molar-refractivity contribution in [2.75, 3.05) is 5.32 Å². The highest BCUT2D eigenvalue weighted by Gasteiger charge is 2.02. The Morgan fingerprint density at radius 1 is 1.04 bits per heavy atom. The Balaban J connectivity index is 0. The number of aromatic amines is 1. The van der Waals surface area contributed by atoms with E-state index in [1.54, 1.807) is 0 Å². The fraction of sp³-hybridized carbons (Fsp3) is 0.364. The van der Waals surface area contributed by atoms with Crippen LogP contribution in [0.1, 0.15) is 45.8 Å². The maximum atomic E-state index is 8.12. The molecule has 0 aliphatic rings. The molecule has 2 heterocycles. The number of hydrogen-bond donors (Lipinski definition) is 2. The number of rotatable bonds is 2. The number of aromatic nitrogens is 2. The van der Waals surface area contributed by atoms with Crippen LogP contribution in [0.3, 0.4) is 0 Å². The summed E-state index contributed by atoms with van der Waals surface area (Å²) in [5.41, 5.74) is 5.93. The number of H-pyrrole nitrogens is 1. The maximum absolute atomic E-state index is 8.12. The Kier molecular flexibility index (Phi) is 11.9. The Labute approximate surface area is 163 Å². The van der Waals surface area contributed by atoms with Crippen LogP contribution in [0.2, 0.25) is 0 Å². The average molecular weight is 372 g/mol. The van der Waals surface area contributed by atoms with E-state index in [2.05, 4.69) is 80.2 Å². The third-order valence-corrected chi connectivity index (χ3v) is 3.41. The molecule has 3 rings (SSSR count). The highest BCUT2D eigenvalue weighted by Crippen LogP contribution is 2.19. The van der Waals surface area contributed by atoms with Crippen molar-refractivity contribution in [3.05, 3.63) is 59.4 Å². The number of fused-ring (bicyclic) bond motifs is 1. The second-order valence-corrected chi connectivity index (χ2v) is 6.13. The molecule has 0 aliphatic carbocycles. The van der Waals surface area contributed by atoms with E-state index in [-0.39, 0.29) is 7.58 Å². The molecule has 1 aromatic carbocycles. The van der Waals surface area contributed by atoms with E-state index < -0.39 is 0 Å². The Morgan fingerprint density at radius 2 is 1.52 bits per heavy atom. The van der Waals surface area contributed by atoms with Gasteiger partial charge in [-0.2, -0.15) is 9.59 Å². The normalized spacial score (nSPS) is 9.04. The number of nitrogens with one attached hydrogen (secondary N) is 2. The molecule has 0 radical (unpaired) electrons. The zero-order chi connectivity index (χ0) is 20.8. The quantitative estimate of drug-likeness (QED) is 0.607. The number of nitrogens with zero attached hydrogens (tertiary/aromatic N) is 1. The van der Waals surface area contributed by atoms with Gasteiger partial charge in [0.25, 0.3) is 0 Å². The SMILES string of the molecule is CC.Cc1c[nH]c2ncc(NC(C)C)cc12.Cc1ccc(C)cc1.O=C=O.[HH]. The van der Waals surface area contributed by atoms with Crippen LogP contribution in [0.4, 0.5) is 5.69 Å². The van der Waals surface area contributed by atoms with Crippen LogP contribution in [-0.4, -0.2) is 22.2 Å². The van der Waals surface area contributed by atoms with E-state index in [4.69, 9.17) is 9.59 Å². The van der Waals surface area contributed by atoms with Gasteiger partial charge in [0.05, 0.1) is 11.9 Å². The van der Waals surface area contributed by atoms with Crippen LogP contribution in [0, 0.1) is 20.8 Å². The molecule has 5 nitrogen and oxygen atoms in total. The van der Waals surface area contributed by atoms with Crippen LogP contribution in [0.15, 0.2) is 42.7 Å². The Bertz CT molecular complexity index is 800. The first-order valence-electron chi connectivity index (χ1n) is 9.10. The summed E-state index contributed by atoms with van der Waals surface area (Å²) in [6, 6.07) is 11.1. The summed E-state index contributed by atoms with van der Waals surface area (Å²) in [5.74, 6) is 0. The molecule has 0 spiro atoms. The number of carbonyl (C=O) groups excluding carboxylic acids is 2. The fourth-order valence-corrected chi connectivity index (χ4v) is 2.18. The van der Waals surface area contributed by atoms with E-state index in [0.29, 0.717) is 6.04 Å². The number of pyridine rings is 1. The van der Waals surface area contributed by atoms with E-state index in [0.717, 1.165) is 11.3 Å². The molecule has 0 atom stereocenters. The van der Waals surface area contributed by atoms with E-state index >= 15 is 0 Å². The van der Waals surface area contributed by atoms with E-state index in [1.165, 1.54) is 22.1 Å². The van der Waals surface area contributed by atoms with Gasteiger partial charge in [-0.15, -0.1) is 0 Å². The molecule has 0 saturated heterocycles. The van der Waals surface area contributed by atoms with Gasteiger partial charge in [-0.3, -0.25) is 0 Å². The van der Waals surface area contributed by atoms with Gasteiger partial charge < -0.3 is 10.3 Å². The third-order valence-electron chi connectivity index (χ3n) is 3.41. The predicted octanol–water partition coefficient (Wildman–Crippen LogP) is 5.68. The maximum Gasteiger partial charge on any atom is 0.373 e. The summed E-state index contributed by atoms with van der Waals surface area (Å²) < 4.78 is 0. The average Bonchev–Trinajstić information content (AvgIpc) is 3.01. The van der Waals surface area contributed by atoms with Crippen molar-refractivity contribution in [3.8, 4) is 0 Å². The van der Waals surface area contributed by atoms with Crippen LogP contribution >= 0.6 is 0 Å². The largest absolute Gasteiger partial charge is 0.382 e. The molecule has 5 heteroatoms. The standard InChI is InChI=1S/C11H15N3.C8H10.C2H6.CO2.H2/c1-7(2)14-9-4-10-8(3)5-12-11(10)13-6-9;1-7-3-5-8(2)6-4-7;1-2;2-1-3;/h4-7,14H,1-3H3,(H,12,13);3-6H,1-2H3;1-2H3;;1H. The minimum absolute atomic E-state index is 0. The summed E-state index contributed by atoms with van der Waals surface area (Å²) in [7, 11) is 0. The van der Waals surface area contributed by atoms with Gasteiger partial charge >= 0.3 is 6.15 Å². The van der Waals surface area contributed by atoms with Crippen molar-refractivity contribution in [2.45, 2.75) is 54.5 Å². The van der Waals surface area contributed by atoms with Crippen LogP contribution in [0.25, 0.3) is 11.0 Å². The molecule has 0 aliphatic heterocycles. The lowest BCUT2D eigenvalue weighted by atomic mass is 10.2. The number of anilines is 1. The van der Waals surface area contributed by atoms with Crippen molar-refractivity contribution in [1.82, 2.24) is 9.97 Å². The highest BCUT2D eigenvalue weighted by molar-refractivity contribution is 5.82. The summed E-state index contributed by atoms with van der Waals surface area (Å²) >= 11 is 0. The van der Waals surface area contributed by atoms with Gasteiger partial charge in [0.2, 0.25) is 0 Å². The first kappa shape index (κ1) is 24.1. The second-order valence-electron chi connectivity index (χ2n) is 6.13. The Hall–Kier alpha value is -2.91. The van der Waals surface area contributed by atoms with Crippen molar-refractivity contribution >= 4 is 22.9 Å². The first-order valence-corrected chi connectivity index (χ1v) is 9.10. The van der Waals surface area contributed by atoms with Gasteiger partial charge in [-0.05, 0) is 46.2 Å². The molecular weight excluding hydrogens is 338 g/mol. The molecule has 0 amide bonds. The van der Waals surface area contributed by atoms with Gasteiger partial charge in [0.15, 0.2) is 0 Å². The van der Waals surface area contributed by atoms with Gasteiger partial charge in [0, 0.05) is 19.1 Å². The minimum Gasteiger partial charge on any atom is -0.382 e. The van der Waals surface area contributed by atoms with Crippen molar-refractivity contribution in [1.29, 1.82) is 0 Å². The zero-order valence-electron chi connectivity index (χ0n) is 17.4. The lowest BCUT2D eigenvalue weighted by Gasteiger charge is -2.09. The lowest BCUT2D eigenvalue weighted by molar-refractivity contribution is -0.191.